The minimum absolute atomic E-state index is 0.0277. The summed E-state index contributed by atoms with van der Waals surface area (Å²) in [5, 5.41) is 5.04. The van der Waals surface area contributed by atoms with Gasteiger partial charge in [-0.1, -0.05) is 12.1 Å². The first kappa shape index (κ1) is 14.2. The van der Waals surface area contributed by atoms with Crippen LogP contribution in [-0.4, -0.2) is 15.5 Å². The van der Waals surface area contributed by atoms with Crippen molar-refractivity contribution in [2.75, 3.05) is 12.8 Å². The summed E-state index contributed by atoms with van der Waals surface area (Å²) >= 11 is 0. The molecular weight excluding hydrogens is 280 g/mol. The van der Waals surface area contributed by atoms with E-state index in [1.807, 2.05) is 6.07 Å². The van der Waals surface area contributed by atoms with Gasteiger partial charge in [0.05, 0.1) is 12.8 Å². The highest BCUT2D eigenvalue weighted by molar-refractivity contribution is 7.89. The van der Waals surface area contributed by atoms with E-state index >= 15 is 0 Å². The molecule has 0 atom stereocenters. The lowest BCUT2D eigenvalue weighted by Crippen LogP contribution is -2.14. The van der Waals surface area contributed by atoms with Gasteiger partial charge < -0.3 is 15.2 Å². The average molecular weight is 294 g/mol. The number of nitrogen functional groups attached to an aromatic ring is 1. The molecule has 0 radical (unpaired) electrons. The normalized spacial score (nSPS) is 11.1. The van der Waals surface area contributed by atoms with Crippen LogP contribution < -0.4 is 20.3 Å². The van der Waals surface area contributed by atoms with E-state index in [4.69, 9.17) is 20.3 Å². The van der Waals surface area contributed by atoms with Crippen LogP contribution in [0.4, 0.5) is 5.69 Å². The highest BCUT2D eigenvalue weighted by atomic mass is 32.2. The van der Waals surface area contributed by atoms with E-state index in [1.165, 1.54) is 25.3 Å². The second-order valence-corrected chi connectivity index (χ2v) is 5.53. The lowest BCUT2D eigenvalue weighted by molar-refractivity contribution is 0.379. The molecule has 2 aromatic rings. The summed E-state index contributed by atoms with van der Waals surface area (Å²) < 4.78 is 33.3. The van der Waals surface area contributed by atoms with Crippen molar-refractivity contribution >= 4 is 15.7 Å². The van der Waals surface area contributed by atoms with E-state index < -0.39 is 10.0 Å². The van der Waals surface area contributed by atoms with Gasteiger partial charge in [-0.05, 0) is 24.3 Å². The minimum atomic E-state index is -3.84. The summed E-state index contributed by atoms with van der Waals surface area (Å²) in [4.78, 5) is -0.134. The highest BCUT2D eigenvalue weighted by Gasteiger charge is 2.13. The third-order valence-electron chi connectivity index (χ3n) is 2.58. The zero-order valence-electron chi connectivity index (χ0n) is 10.7. The molecule has 0 amide bonds. The van der Waals surface area contributed by atoms with Crippen molar-refractivity contribution in [2.45, 2.75) is 4.90 Å². The Bertz CT molecular complexity index is 729. The average Bonchev–Trinajstić information content (AvgIpc) is 2.38. The van der Waals surface area contributed by atoms with E-state index in [9.17, 15) is 8.42 Å². The molecule has 0 fully saturated rings. The lowest BCUT2D eigenvalue weighted by atomic mass is 10.3. The van der Waals surface area contributed by atoms with Crippen LogP contribution in [0, 0.1) is 0 Å². The molecule has 0 heterocycles. The Morgan fingerprint density at radius 1 is 1.05 bits per heavy atom. The Hall–Kier alpha value is -2.25. The first-order valence-electron chi connectivity index (χ1n) is 5.65. The van der Waals surface area contributed by atoms with Crippen LogP contribution >= 0.6 is 0 Å². The van der Waals surface area contributed by atoms with Crippen molar-refractivity contribution in [2.24, 2.45) is 5.14 Å². The number of benzene rings is 2. The van der Waals surface area contributed by atoms with E-state index in [-0.39, 0.29) is 10.6 Å². The number of sulfonamides is 1. The van der Waals surface area contributed by atoms with Crippen molar-refractivity contribution in [3.63, 3.8) is 0 Å². The van der Waals surface area contributed by atoms with Gasteiger partial charge in [-0.15, -0.1) is 0 Å². The van der Waals surface area contributed by atoms with Crippen LogP contribution in [0.5, 0.6) is 17.2 Å². The standard InChI is InChI=1S/C13H14N2O4S/c1-18-11-4-2-3-5-12(11)19-9-6-7-13(10(14)8-9)20(15,16)17/h2-8H,14H2,1H3,(H2,15,16,17). The zero-order chi connectivity index (χ0) is 14.8. The third-order valence-corrected chi connectivity index (χ3v) is 3.57. The molecular formula is C13H14N2O4S. The molecule has 0 unspecified atom stereocenters. The molecule has 2 rings (SSSR count). The number of nitrogens with two attached hydrogens (primary N) is 2. The largest absolute Gasteiger partial charge is 0.493 e. The number of ether oxygens (including phenoxy) is 2. The molecule has 0 aliphatic heterocycles. The molecule has 0 aliphatic carbocycles. The van der Waals surface area contributed by atoms with Crippen molar-refractivity contribution in [3.05, 3.63) is 42.5 Å². The topological polar surface area (TPSA) is 105 Å². The SMILES string of the molecule is COc1ccccc1Oc1ccc(S(N)(=O)=O)c(N)c1. The predicted molar refractivity (Wildman–Crippen MR) is 75.3 cm³/mol. The molecule has 2 aromatic carbocycles. The Kier molecular flexibility index (Phi) is 3.82. The highest BCUT2D eigenvalue weighted by Crippen LogP contribution is 2.32. The van der Waals surface area contributed by atoms with Gasteiger partial charge in [-0.3, -0.25) is 0 Å². The Labute approximate surface area is 117 Å². The molecule has 6 nitrogen and oxygen atoms in total. The summed E-state index contributed by atoms with van der Waals surface area (Å²) in [5.74, 6) is 1.44. The van der Waals surface area contributed by atoms with Gasteiger partial charge in [0.15, 0.2) is 11.5 Å². The van der Waals surface area contributed by atoms with Crippen molar-refractivity contribution in [1.29, 1.82) is 0 Å². The van der Waals surface area contributed by atoms with Crippen LogP contribution in [0.1, 0.15) is 0 Å². The maximum Gasteiger partial charge on any atom is 0.240 e. The van der Waals surface area contributed by atoms with Gasteiger partial charge >= 0.3 is 0 Å². The summed E-state index contributed by atoms with van der Waals surface area (Å²) in [6.45, 7) is 0. The number of para-hydroxylation sites is 2. The summed E-state index contributed by atoms with van der Waals surface area (Å²) in [5.41, 5.74) is 5.69. The van der Waals surface area contributed by atoms with E-state index in [0.717, 1.165) is 0 Å². The number of methoxy groups -OCH3 is 1. The summed E-state index contributed by atoms with van der Waals surface area (Å²) in [6.07, 6.45) is 0. The van der Waals surface area contributed by atoms with E-state index in [0.29, 0.717) is 17.2 Å². The molecule has 106 valence electrons. The maximum absolute atomic E-state index is 11.3. The van der Waals surface area contributed by atoms with Crippen molar-refractivity contribution in [1.82, 2.24) is 0 Å². The Morgan fingerprint density at radius 2 is 1.70 bits per heavy atom. The lowest BCUT2D eigenvalue weighted by Gasteiger charge is -2.11. The van der Waals surface area contributed by atoms with Crippen LogP contribution in [0.3, 0.4) is 0 Å². The first-order valence-corrected chi connectivity index (χ1v) is 7.19. The molecule has 7 heteroatoms. The van der Waals surface area contributed by atoms with Gasteiger partial charge in [0.2, 0.25) is 10.0 Å². The van der Waals surface area contributed by atoms with Gasteiger partial charge in [0, 0.05) is 6.07 Å². The Morgan fingerprint density at radius 3 is 2.25 bits per heavy atom. The van der Waals surface area contributed by atoms with Gasteiger partial charge in [0.1, 0.15) is 10.6 Å². The molecule has 0 bridgehead atoms. The van der Waals surface area contributed by atoms with E-state index in [1.54, 1.807) is 18.2 Å². The maximum atomic E-state index is 11.3. The quantitative estimate of drug-likeness (QED) is 0.835. The molecule has 0 saturated carbocycles. The fourth-order valence-corrected chi connectivity index (χ4v) is 2.32. The number of hydrogen-bond acceptors (Lipinski definition) is 5. The number of rotatable bonds is 4. The van der Waals surface area contributed by atoms with Gasteiger partial charge in [0.25, 0.3) is 0 Å². The number of anilines is 1. The van der Waals surface area contributed by atoms with Crippen molar-refractivity contribution < 1.29 is 17.9 Å². The fourth-order valence-electron chi connectivity index (χ4n) is 1.68. The molecule has 4 N–H and O–H groups in total. The zero-order valence-corrected chi connectivity index (χ0v) is 11.6. The van der Waals surface area contributed by atoms with Crippen LogP contribution in [0.25, 0.3) is 0 Å². The van der Waals surface area contributed by atoms with Gasteiger partial charge in [-0.2, -0.15) is 0 Å². The van der Waals surface area contributed by atoms with Crippen LogP contribution in [0.15, 0.2) is 47.4 Å². The smallest absolute Gasteiger partial charge is 0.240 e. The predicted octanol–water partition coefficient (Wildman–Crippen LogP) is 1.72. The third kappa shape index (κ3) is 3.01. The molecule has 0 saturated heterocycles. The minimum Gasteiger partial charge on any atom is -0.493 e. The van der Waals surface area contributed by atoms with Gasteiger partial charge in [-0.25, -0.2) is 13.6 Å². The van der Waals surface area contributed by atoms with E-state index in [2.05, 4.69) is 0 Å². The summed E-state index contributed by atoms with van der Waals surface area (Å²) in [6, 6.07) is 11.2. The van der Waals surface area contributed by atoms with Crippen LogP contribution in [0.2, 0.25) is 0 Å². The molecule has 0 aliphatic rings. The molecule has 20 heavy (non-hydrogen) atoms. The molecule has 0 aromatic heterocycles. The second kappa shape index (κ2) is 5.40. The van der Waals surface area contributed by atoms with Crippen molar-refractivity contribution in [3.8, 4) is 17.2 Å². The Balaban J connectivity index is 2.34. The monoisotopic (exact) mass is 294 g/mol. The summed E-state index contributed by atoms with van der Waals surface area (Å²) in [7, 11) is -2.31. The second-order valence-electron chi connectivity index (χ2n) is 4.00. The first-order chi connectivity index (χ1) is 9.41. The molecule has 0 spiro atoms. The number of hydrogen-bond donors (Lipinski definition) is 2. The fraction of sp³-hybridized carbons (Fsp3) is 0.0769. The number of primary sulfonamides is 1. The van der Waals surface area contributed by atoms with Crippen LogP contribution in [-0.2, 0) is 10.0 Å².